The highest BCUT2D eigenvalue weighted by molar-refractivity contribution is 6.76. The van der Waals surface area contributed by atoms with Gasteiger partial charge >= 0.3 is 0 Å². The topological polar surface area (TPSA) is 20.2 Å². The van der Waals surface area contributed by atoms with Gasteiger partial charge in [0.25, 0.3) is 0 Å². The van der Waals surface area contributed by atoms with Gasteiger partial charge in [0.05, 0.1) is 6.10 Å². The molecule has 1 nitrogen and oxygen atoms in total. The molecule has 2 fully saturated rings. The lowest BCUT2D eigenvalue weighted by molar-refractivity contribution is -0.0276. The van der Waals surface area contributed by atoms with Gasteiger partial charge < -0.3 is 5.11 Å². The van der Waals surface area contributed by atoms with Crippen molar-refractivity contribution >= 4 is 8.07 Å². The molecule has 2 aliphatic rings. The first kappa shape index (κ1) is 16.5. The molecule has 0 heterocycles. The Labute approximate surface area is 127 Å². The SMILES string of the molecule is C[C@H](CCC[Si](C)(C)C)C1CCC2C(O)CCC[C@@]21C. The second kappa shape index (κ2) is 6.12. The van der Waals surface area contributed by atoms with Gasteiger partial charge in [-0.2, -0.15) is 0 Å². The van der Waals surface area contributed by atoms with Crippen molar-refractivity contribution < 1.29 is 5.11 Å². The Morgan fingerprint density at radius 1 is 1.20 bits per heavy atom. The summed E-state index contributed by atoms with van der Waals surface area (Å²) in [4.78, 5) is 0. The van der Waals surface area contributed by atoms with Gasteiger partial charge in [-0.3, -0.25) is 0 Å². The normalized spacial score (nSPS) is 39.6. The smallest absolute Gasteiger partial charge is 0.0573 e. The van der Waals surface area contributed by atoms with Crippen molar-refractivity contribution in [1.29, 1.82) is 0 Å². The van der Waals surface area contributed by atoms with E-state index in [1.165, 1.54) is 44.6 Å². The van der Waals surface area contributed by atoms with Crippen LogP contribution in [-0.4, -0.2) is 19.3 Å². The third-order valence-electron chi connectivity index (χ3n) is 6.44. The molecule has 20 heavy (non-hydrogen) atoms. The first-order valence-electron chi connectivity index (χ1n) is 8.92. The molecule has 118 valence electrons. The number of aliphatic hydroxyl groups excluding tert-OH is 1. The molecule has 0 spiro atoms. The molecule has 3 unspecified atom stereocenters. The zero-order chi connectivity index (χ0) is 15.0. The molecule has 0 aromatic heterocycles. The maximum atomic E-state index is 10.3. The standard InChI is InChI=1S/C18H36OSi/c1-14(8-7-13-20(3,4)5)15-10-11-16-17(19)9-6-12-18(15,16)2/h14-17,19H,6-13H2,1-5H3/t14-,15?,16?,17?,18-/m1/s1. The van der Waals surface area contributed by atoms with Crippen LogP contribution in [0.2, 0.25) is 25.7 Å². The summed E-state index contributed by atoms with van der Waals surface area (Å²) < 4.78 is 0. The first-order chi connectivity index (χ1) is 9.24. The predicted octanol–water partition coefficient (Wildman–Crippen LogP) is 5.32. The van der Waals surface area contributed by atoms with E-state index in [-0.39, 0.29) is 6.10 Å². The monoisotopic (exact) mass is 296 g/mol. The van der Waals surface area contributed by atoms with Gasteiger partial charge in [0.15, 0.2) is 0 Å². The molecule has 2 heteroatoms. The summed E-state index contributed by atoms with van der Waals surface area (Å²) in [6.07, 6.45) is 9.13. The lowest BCUT2D eigenvalue weighted by Crippen LogP contribution is -2.41. The van der Waals surface area contributed by atoms with Crippen LogP contribution in [0.25, 0.3) is 0 Å². The lowest BCUT2D eigenvalue weighted by atomic mass is 9.61. The average molecular weight is 297 g/mol. The van der Waals surface area contributed by atoms with Gasteiger partial charge in [-0.1, -0.05) is 58.8 Å². The van der Waals surface area contributed by atoms with E-state index in [0.717, 1.165) is 18.3 Å². The van der Waals surface area contributed by atoms with Crippen LogP contribution in [0, 0.1) is 23.2 Å². The minimum Gasteiger partial charge on any atom is -0.393 e. The van der Waals surface area contributed by atoms with Crippen LogP contribution in [-0.2, 0) is 0 Å². The summed E-state index contributed by atoms with van der Waals surface area (Å²) in [5, 5.41) is 10.3. The summed E-state index contributed by atoms with van der Waals surface area (Å²) in [5.74, 6) is 2.32. The Morgan fingerprint density at radius 2 is 1.90 bits per heavy atom. The summed E-state index contributed by atoms with van der Waals surface area (Å²) in [7, 11) is -0.868. The summed E-state index contributed by atoms with van der Waals surface area (Å²) in [5.41, 5.74) is 0.441. The Bertz CT molecular complexity index is 322. The molecule has 0 aliphatic heterocycles. The van der Waals surface area contributed by atoms with Gasteiger partial charge in [-0.25, -0.2) is 0 Å². The fourth-order valence-electron chi connectivity index (χ4n) is 5.28. The van der Waals surface area contributed by atoms with E-state index in [9.17, 15) is 5.11 Å². The van der Waals surface area contributed by atoms with Crippen LogP contribution in [0.4, 0.5) is 0 Å². The Morgan fingerprint density at radius 3 is 2.55 bits per heavy atom. The molecule has 2 saturated carbocycles. The minimum absolute atomic E-state index is 0.00654. The van der Waals surface area contributed by atoms with E-state index in [1.807, 2.05) is 0 Å². The Balaban J connectivity index is 1.92. The molecular weight excluding hydrogens is 260 g/mol. The summed E-state index contributed by atoms with van der Waals surface area (Å²) in [6, 6.07) is 1.48. The third-order valence-corrected chi connectivity index (χ3v) is 8.29. The van der Waals surface area contributed by atoms with Gasteiger partial charge in [-0.05, 0) is 48.9 Å². The largest absolute Gasteiger partial charge is 0.393 e. The maximum Gasteiger partial charge on any atom is 0.0573 e. The second-order valence-corrected chi connectivity index (χ2v) is 14.8. The van der Waals surface area contributed by atoms with Crippen LogP contribution < -0.4 is 0 Å². The van der Waals surface area contributed by atoms with E-state index in [4.69, 9.17) is 0 Å². The number of hydrogen-bond donors (Lipinski definition) is 1. The molecule has 0 aromatic carbocycles. The molecule has 0 aromatic rings. The highest BCUT2D eigenvalue weighted by atomic mass is 28.3. The number of aliphatic hydroxyl groups is 1. The third kappa shape index (κ3) is 3.49. The van der Waals surface area contributed by atoms with Gasteiger partial charge in [0.2, 0.25) is 0 Å². The fraction of sp³-hybridized carbons (Fsp3) is 1.00. The number of fused-ring (bicyclic) bond motifs is 1. The highest BCUT2D eigenvalue weighted by Gasteiger charge is 2.51. The number of rotatable bonds is 5. The molecular formula is C18H36OSi. The molecule has 0 saturated heterocycles. The van der Waals surface area contributed by atoms with Crippen molar-refractivity contribution in [1.82, 2.24) is 0 Å². The molecule has 0 bridgehead atoms. The van der Waals surface area contributed by atoms with Gasteiger partial charge in [-0.15, -0.1) is 0 Å². The summed E-state index contributed by atoms with van der Waals surface area (Å²) in [6.45, 7) is 12.4. The highest BCUT2D eigenvalue weighted by Crippen LogP contribution is 2.58. The van der Waals surface area contributed by atoms with E-state index in [1.54, 1.807) is 0 Å². The van der Waals surface area contributed by atoms with Gasteiger partial charge in [0.1, 0.15) is 0 Å². The first-order valence-corrected chi connectivity index (χ1v) is 12.6. The quantitative estimate of drug-likeness (QED) is 0.681. The summed E-state index contributed by atoms with van der Waals surface area (Å²) >= 11 is 0. The lowest BCUT2D eigenvalue weighted by Gasteiger charge is -2.45. The molecule has 5 atom stereocenters. The minimum atomic E-state index is -0.868. The van der Waals surface area contributed by atoms with E-state index in [2.05, 4.69) is 33.5 Å². The van der Waals surface area contributed by atoms with E-state index >= 15 is 0 Å². The van der Waals surface area contributed by atoms with Crippen LogP contribution >= 0.6 is 0 Å². The van der Waals surface area contributed by atoms with Crippen molar-refractivity contribution in [2.45, 2.75) is 90.6 Å². The average Bonchev–Trinajstić information content (AvgIpc) is 2.66. The van der Waals surface area contributed by atoms with E-state index in [0.29, 0.717) is 11.3 Å². The van der Waals surface area contributed by atoms with E-state index < -0.39 is 8.07 Å². The fourth-order valence-corrected chi connectivity index (χ4v) is 6.54. The second-order valence-electron chi connectivity index (χ2n) is 9.19. The van der Waals surface area contributed by atoms with Crippen molar-refractivity contribution in [2.75, 3.05) is 0 Å². The maximum absolute atomic E-state index is 10.3. The van der Waals surface area contributed by atoms with Crippen molar-refractivity contribution in [2.24, 2.45) is 23.2 Å². The van der Waals surface area contributed by atoms with Crippen LogP contribution in [0.3, 0.4) is 0 Å². The van der Waals surface area contributed by atoms with Crippen molar-refractivity contribution in [3.8, 4) is 0 Å². The molecule has 1 N–H and O–H groups in total. The molecule has 2 rings (SSSR count). The van der Waals surface area contributed by atoms with Gasteiger partial charge in [0, 0.05) is 8.07 Å². The number of hydrogen-bond acceptors (Lipinski definition) is 1. The Kier molecular flexibility index (Phi) is 5.06. The van der Waals surface area contributed by atoms with Crippen molar-refractivity contribution in [3.63, 3.8) is 0 Å². The van der Waals surface area contributed by atoms with Crippen LogP contribution in [0.15, 0.2) is 0 Å². The zero-order valence-electron chi connectivity index (χ0n) is 14.4. The van der Waals surface area contributed by atoms with Crippen LogP contribution in [0.1, 0.15) is 58.8 Å². The van der Waals surface area contributed by atoms with Crippen LogP contribution in [0.5, 0.6) is 0 Å². The molecule has 2 aliphatic carbocycles. The molecule has 0 radical (unpaired) electrons. The Hall–Kier alpha value is 0.177. The predicted molar refractivity (Wildman–Crippen MR) is 90.7 cm³/mol. The zero-order valence-corrected chi connectivity index (χ0v) is 15.4. The molecule has 0 amide bonds. The van der Waals surface area contributed by atoms with Crippen molar-refractivity contribution in [3.05, 3.63) is 0 Å².